The molecule has 0 fully saturated rings. The Balaban J connectivity index is 2.01. The number of carboxylic acids is 1. The minimum Gasteiger partial charge on any atom is -0.481 e. The molecule has 0 aliphatic rings. The molecular weight excluding hydrogens is 302 g/mol. The Hall–Kier alpha value is -2.90. The molecule has 8 nitrogen and oxygen atoms in total. The van der Waals surface area contributed by atoms with Gasteiger partial charge in [0, 0.05) is 13.0 Å². The van der Waals surface area contributed by atoms with Crippen molar-refractivity contribution in [1.29, 1.82) is 0 Å². The number of nitrogens with zero attached hydrogens (tertiary/aromatic N) is 1. The fourth-order valence-electron chi connectivity index (χ4n) is 2.17. The number of aliphatic carboxylic acids is 1. The molecule has 2 rings (SSSR count). The number of fused-ring (bicyclic) bond motifs is 1. The first-order valence-electron chi connectivity index (χ1n) is 7.19. The van der Waals surface area contributed by atoms with Gasteiger partial charge >= 0.3 is 11.7 Å². The van der Waals surface area contributed by atoms with Crippen molar-refractivity contribution >= 4 is 22.8 Å². The van der Waals surface area contributed by atoms with Gasteiger partial charge in [-0.2, -0.15) is 0 Å². The maximum absolute atomic E-state index is 12.2. The summed E-state index contributed by atoms with van der Waals surface area (Å²) in [4.78, 5) is 48.9. The van der Waals surface area contributed by atoms with E-state index in [0.29, 0.717) is 30.3 Å². The number of H-pyrrole nitrogens is 1. The van der Waals surface area contributed by atoms with Crippen molar-refractivity contribution in [2.24, 2.45) is 0 Å². The minimum absolute atomic E-state index is 0.0413. The highest BCUT2D eigenvalue weighted by Gasteiger charge is 2.10. The fourth-order valence-corrected chi connectivity index (χ4v) is 2.17. The summed E-state index contributed by atoms with van der Waals surface area (Å²) < 4.78 is 0.842. The van der Waals surface area contributed by atoms with E-state index < -0.39 is 23.1 Å². The van der Waals surface area contributed by atoms with Gasteiger partial charge in [0.25, 0.3) is 5.56 Å². The summed E-state index contributed by atoms with van der Waals surface area (Å²) in [5.41, 5.74) is -0.743. The Labute approximate surface area is 130 Å². The maximum atomic E-state index is 12.2. The van der Waals surface area contributed by atoms with Crippen LogP contribution in [0, 0.1) is 0 Å². The Kier molecular flexibility index (Phi) is 5.29. The van der Waals surface area contributed by atoms with E-state index in [-0.39, 0.29) is 13.0 Å². The molecule has 1 amide bonds. The number of unbranched alkanes of at least 4 members (excludes halogenated alkanes) is 1. The minimum atomic E-state index is -0.884. The zero-order chi connectivity index (χ0) is 16.8. The molecule has 0 aliphatic carbocycles. The highest BCUT2D eigenvalue weighted by molar-refractivity contribution is 5.78. The van der Waals surface area contributed by atoms with Gasteiger partial charge in [0.15, 0.2) is 0 Å². The number of carbonyl (C=O) groups is 2. The van der Waals surface area contributed by atoms with E-state index in [4.69, 9.17) is 5.11 Å². The number of aromatic nitrogens is 2. The Morgan fingerprint density at radius 2 is 1.91 bits per heavy atom. The van der Waals surface area contributed by atoms with E-state index in [2.05, 4.69) is 10.3 Å². The zero-order valence-corrected chi connectivity index (χ0v) is 12.4. The van der Waals surface area contributed by atoms with Crippen LogP contribution >= 0.6 is 0 Å². The molecule has 3 N–H and O–H groups in total. The zero-order valence-electron chi connectivity index (χ0n) is 12.4. The lowest BCUT2D eigenvalue weighted by Gasteiger charge is -2.07. The molecule has 0 saturated carbocycles. The quantitative estimate of drug-likeness (QED) is 0.623. The number of carbonyl (C=O) groups excluding carboxylic acids is 1. The van der Waals surface area contributed by atoms with Crippen LogP contribution in [0.25, 0.3) is 10.9 Å². The summed E-state index contributed by atoms with van der Waals surface area (Å²) in [5.74, 6) is -1.35. The SMILES string of the molecule is O=C(O)CCCCNC(=O)Cn1c(=O)[nH]c2ccccc2c1=O. The van der Waals surface area contributed by atoms with Crippen molar-refractivity contribution in [2.75, 3.05) is 6.54 Å². The average Bonchev–Trinajstić information content (AvgIpc) is 2.51. The van der Waals surface area contributed by atoms with Gasteiger partial charge < -0.3 is 15.4 Å². The van der Waals surface area contributed by atoms with Crippen LogP contribution in [0.3, 0.4) is 0 Å². The summed E-state index contributed by atoms with van der Waals surface area (Å²) in [6.07, 6.45) is 1.01. The van der Waals surface area contributed by atoms with Crippen molar-refractivity contribution < 1.29 is 14.7 Å². The summed E-state index contributed by atoms with van der Waals surface area (Å²) in [6, 6.07) is 6.57. The lowest BCUT2D eigenvalue weighted by molar-refractivity contribution is -0.137. The number of para-hydroxylation sites is 1. The van der Waals surface area contributed by atoms with Crippen LogP contribution in [-0.4, -0.2) is 33.1 Å². The van der Waals surface area contributed by atoms with Crippen LogP contribution < -0.4 is 16.6 Å². The van der Waals surface area contributed by atoms with E-state index in [9.17, 15) is 19.2 Å². The van der Waals surface area contributed by atoms with Crippen LogP contribution in [0.15, 0.2) is 33.9 Å². The summed E-state index contributed by atoms with van der Waals surface area (Å²) in [6.45, 7) is -0.0791. The molecule has 0 saturated heterocycles. The molecular formula is C15H17N3O5. The largest absolute Gasteiger partial charge is 0.481 e. The molecule has 0 spiro atoms. The van der Waals surface area contributed by atoms with Crippen molar-refractivity contribution in [3.05, 3.63) is 45.1 Å². The summed E-state index contributed by atoms with van der Waals surface area (Å²) in [5, 5.41) is 11.4. The number of hydrogen-bond donors (Lipinski definition) is 3. The second-order valence-corrected chi connectivity index (χ2v) is 5.07. The molecule has 0 radical (unpaired) electrons. The normalized spacial score (nSPS) is 10.6. The topological polar surface area (TPSA) is 121 Å². The maximum Gasteiger partial charge on any atom is 0.329 e. The number of nitrogens with one attached hydrogen (secondary N) is 2. The van der Waals surface area contributed by atoms with Crippen molar-refractivity contribution in [3.8, 4) is 0 Å². The van der Waals surface area contributed by atoms with Gasteiger partial charge in [0.2, 0.25) is 5.91 Å². The second kappa shape index (κ2) is 7.39. The third kappa shape index (κ3) is 4.29. The van der Waals surface area contributed by atoms with Crippen LogP contribution in [0.2, 0.25) is 0 Å². The van der Waals surface area contributed by atoms with Gasteiger partial charge in [-0.05, 0) is 25.0 Å². The number of rotatable bonds is 7. The number of hydrogen-bond acceptors (Lipinski definition) is 4. The number of benzene rings is 1. The molecule has 23 heavy (non-hydrogen) atoms. The highest BCUT2D eigenvalue weighted by Crippen LogP contribution is 2.02. The Morgan fingerprint density at radius 1 is 1.17 bits per heavy atom. The van der Waals surface area contributed by atoms with Crippen molar-refractivity contribution in [1.82, 2.24) is 14.9 Å². The summed E-state index contributed by atoms with van der Waals surface area (Å²) in [7, 11) is 0. The van der Waals surface area contributed by atoms with Gasteiger partial charge in [-0.15, -0.1) is 0 Å². The van der Waals surface area contributed by atoms with Gasteiger partial charge in [0.05, 0.1) is 10.9 Å². The number of amides is 1. The molecule has 8 heteroatoms. The van der Waals surface area contributed by atoms with E-state index in [1.807, 2.05) is 0 Å². The van der Waals surface area contributed by atoms with Crippen molar-refractivity contribution in [2.45, 2.75) is 25.8 Å². The molecule has 0 unspecified atom stereocenters. The number of carboxylic acid groups (broad SMARTS) is 1. The third-order valence-electron chi connectivity index (χ3n) is 3.33. The van der Waals surface area contributed by atoms with E-state index >= 15 is 0 Å². The predicted molar refractivity (Wildman–Crippen MR) is 83.3 cm³/mol. The molecule has 2 aromatic rings. The van der Waals surface area contributed by atoms with E-state index in [1.54, 1.807) is 24.3 Å². The Bertz CT molecular complexity index is 837. The molecule has 0 bridgehead atoms. The van der Waals surface area contributed by atoms with Crippen molar-refractivity contribution in [3.63, 3.8) is 0 Å². The fraction of sp³-hybridized carbons (Fsp3) is 0.333. The summed E-state index contributed by atoms with van der Waals surface area (Å²) >= 11 is 0. The van der Waals surface area contributed by atoms with Crippen LogP contribution in [-0.2, 0) is 16.1 Å². The first kappa shape index (κ1) is 16.5. The van der Waals surface area contributed by atoms with Gasteiger partial charge in [-0.1, -0.05) is 12.1 Å². The standard InChI is InChI=1S/C15H17N3O5/c19-12(16-8-4-3-7-13(20)21)9-18-14(22)10-5-1-2-6-11(10)17-15(18)23/h1-2,5-6H,3-4,7-9H2,(H,16,19)(H,17,23)(H,20,21). The lowest BCUT2D eigenvalue weighted by atomic mass is 10.2. The molecule has 1 aromatic carbocycles. The molecule has 0 aliphatic heterocycles. The van der Waals surface area contributed by atoms with Crippen LogP contribution in [0.1, 0.15) is 19.3 Å². The van der Waals surface area contributed by atoms with Crippen LogP contribution in [0.4, 0.5) is 0 Å². The Morgan fingerprint density at radius 3 is 2.65 bits per heavy atom. The van der Waals surface area contributed by atoms with E-state index in [0.717, 1.165) is 4.57 Å². The predicted octanol–water partition coefficient (Wildman–Crippen LogP) is 0.0609. The van der Waals surface area contributed by atoms with Gasteiger partial charge in [0.1, 0.15) is 6.54 Å². The molecule has 0 atom stereocenters. The average molecular weight is 319 g/mol. The monoisotopic (exact) mass is 319 g/mol. The van der Waals surface area contributed by atoms with Crippen LogP contribution in [0.5, 0.6) is 0 Å². The van der Waals surface area contributed by atoms with E-state index in [1.165, 1.54) is 0 Å². The molecule has 122 valence electrons. The van der Waals surface area contributed by atoms with Gasteiger partial charge in [-0.3, -0.25) is 19.0 Å². The third-order valence-corrected chi connectivity index (χ3v) is 3.33. The lowest BCUT2D eigenvalue weighted by Crippen LogP contribution is -2.40. The second-order valence-electron chi connectivity index (χ2n) is 5.07. The first-order valence-corrected chi connectivity index (χ1v) is 7.19. The smallest absolute Gasteiger partial charge is 0.329 e. The molecule has 1 aromatic heterocycles. The number of aromatic amines is 1. The first-order chi connectivity index (χ1) is 11.0. The molecule has 1 heterocycles. The highest BCUT2D eigenvalue weighted by atomic mass is 16.4. The van der Waals surface area contributed by atoms with Gasteiger partial charge in [-0.25, -0.2) is 4.79 Å².